The van der Waals surface area contributed by atoms with Gasteiger partial charge >= 0.3 is 0 Å². The second kappa shape index (κ2) is 10.5. The molecule has 1 saturated carbocycles. The molecule has 12 heteroatoms. The maximum atomic E-state index is 13.6. The number of carbonyl (C=O) groups excluding carboxylic acids is 4. The summed E-state index contributed by atoms with van der Waals surface area (Å²) >= 11 is 0. The largest absolute Gasteiger partial charge is 0.370 e. The van der Waals surface area contributed by atoms with Crippen LogP contribution in [0.15, 0.2) is 0 Å². The van der Waals surface area contributed by atoms with Gasteiger partial charge in [0.15, 0.2) is 11.7 Å². The van der Waals surface area contributed by atoms with Gasteiger partial charge in [-0.3, -0.25) is 29.5 Å². The van der Waals surface area contributed by atoms with Gasteiger partial charge in [0, 0.05) is 19.6 Å². The number of guanidine groups is 1. The first-order valence-corrected chi connectivity index (χ1v) is 11.7. The Morgan fingerprint density at radius 2 is 1.82 bits per heavy atom. The lowest BCUT2D eigenvalue weighted by Gasteiger charge is -2.44. The molecule has 0 spiro atoms. The number of hydrogen-bond donors (Lipinski definition) is 7. The Morgan fingerprint density at radius 1 is 1.12 bits per heavy atom. The monoisotopic (exact) mass is 464 g/mol. The summed E-state index contributed by atoms with van der Waals surface area (Å²) in [4.78, 5) is 52.7. The molecule has 0 aromatic rings. The third-order valence-corrected chi connectivity index (χ3v) is 6.78. The van der Waals surface area contributed by atoms with E-state index in [9.17, 15) is 19.2 Å². The second-order valence-corrected chi connectivity index (χ2v) is 9.17. The van der Waals surface area contributed by atoms with Crippen molar-refractivity contribution in [2.45, 2.75) is 81.6 Å². The maximum absolute atomic E-state index is 13.6. The molecule has 1 unspecified atom stereocenters. The van der Waals surface area contributed by atoms with Gasteiger partial charge in [0.1, 0.15) is 12.1 Å². The average Bonchev–Trinajstić information content (AvgIpc) is 3.57. The molecule has 184 valence electrons. The van der Waals surface area contributed by atoms with Crippen molar-refractivity contribution in [3.05, 3.63) is 0 Å². The fraction of sp³-hybridized carbons (Fsp3) is 0.762. The zero-order valence-corrected chi connectivity index (χ0v) is 19.1. The summed E-state index contributed by atoms with van der Waals surface area (Å²) in [7, 11) is 0. The number of hydrogen-bond acceptors (Lipinski definition) is 7. The number of amides is 3. The van der Waals surface area contributed by atoms with Crippen LogP contribution in [-0.2, 0) is 19.2 Å². The molecule has 1 aliphatic carbocycles. The normalized spacial score (nSPS) is 29.0. The number of piperazine rings is 2. The maximum Gasteiger partial charge on any atom is 0.241 e. The number of nitrogens with zero attached hydrogens (tertiary/aromatic N) is 1. The summed E-state index contributed by atoms with van der Waals surface area (Å²) in [6.07, 6.45) is 4.69. The van der Waals surface area contributed by atoms with Gasteiger partial charge in [-0.15, -0.1) is 0 Å². The minimum atomic E-state index is -0.903. The van der Waals surface area contributed by atoms with Crippen molar-refractivity contribution in [3.8, 4) is 0 Å². The van der Waals surface area contributed by atoms with Crippen LogP contribution in [0.5, 0.6) is 0 Å². The number of ketones is 1. The van der Waals surface area contributed by atoms with E-state index in [-0.39, 0.29) is 36.1 Å². The van der Waals surface area contributed by atoms with E-state index in [4.69, 9.17) is 16.9 Å². The van der Waals surface area contributed by atoms with Gasteiger partial charge in [0.05, 0.1) is 17.6 Å². The lowest BCUT2D eigenvalue weighted by Crippen LogP contribution is -2.70. The van der Waals surface area contributed by atoms with E-state index in [2.05, 4.69) is 28.2 Å². The molecular weight excluding hydrogens is 428 g/mol. The highest BCUT2D eigenvalue weighted by atomic mass is 16.2. The smallest absolute Gasteiger partial charge is 0.241 e. The molecule has 9 N–H and O–H groups in total. The zero-order chi connectivity index (χ0) is 24.2. The average molecular weight is 465 g/mol. The molecule has 4 atom stereocenters. The van der Waals surface area contributed by atoms with Crippen LogP contribution in [0.4, 0.5) is 0 Å². The van der Waals surface area contributed by atoms with E-state index in [0.717, 1.165) is 19.3 Å². The highest BCUT2D eigenvalue weighted by molar-refractivity contribution is 6.00. The number of nitrogens with two attached hydrogens (primary N) is 2. The predicted octanol–water partition coefficient (Wildman–Crippen LogP) is -2.35. The van der Waals surface area contributed by atoms with Crippen molar-refractivity contribution in [1.82, 2.24) is 26.2 Å². The van der Waals surface area contributed by atoms with Crippen molar-refractivity contribution in [1.29, 1.82) is 5.41 Å². The molecule has 0 aromatic heterocycles. The molecular formula is C21H36N8O4. The van der Waals surface area contributed by atoms with Crippen molar-refractivity contribution >= 4 is 29.5 Å². The fourth-order valence-electron chi connectivity index (χ4n) is 4.81. The van der Waals surface area contributed by atoms with Crippen LogP contribution < -0.4 is 32.7 Å². The minimum Gasteiger partial charge on any atom is -0.370 e. The molecule has 3 aliphatic rings. The number of primary amides is 1. The van der Waals surface area contributed by atoms with Gasteiger partial charge < -0.3 is 32.7 Å². The second-order valence-electron chi connectivity index (χ2n) is 9.17. The summed E-state index contributed by atoms with van der Waals surface area (Å²) in [6.45, 7) is 2.96. The molecule has 12 nitrogen and oxygen atoms in total. The highest BCUT2D eigenvalue weighted by Crippen LogP contribution is 2.46. The summed E-state index contributed by atoms with van der Waals surface area (Å²) in [5.74, 6) is -1.47. The van der Waals surface area contributed by atoms with Crippen molar-refractivity contribution in [2.24, 2.45) is 11.5 Å². The number of nitrogens with one attached hydrogen (secondary N) is 5. The summed E-state index contributed by atoms with van der Waals surface area (Å²) < 4.78 is 0. The van der Waals surface area contributed by atoms with Crippen LogP contribution in [-0.4, -0.2) is 83.7 Å². The fourth-order valence-corrected chi connectivity index (χ4v) is 4.81. The molecule has 33 heavy (non-hydrogen) atoms. The number of Topliss-reactive ketones (excluding diaryl/α,β-unsaturated/α-hetero) is 1. The van der Waals surface area contributed by atoms with Gasteiger partial charge in [0.2, 0.25) is 17.7 Å². The van der Waals surface area contributed by atoms with E-state index >= 15 is 0 Å². The summed E-state index contributed by atoms with van der Waals surface area (Å²) in [6, 6.07) is -2.49. The van der Waals surface area contributed by atoms with Gasteiger partial charge in [0.25, 0.3) is 0 Å². The molecule has 0 bridgehead atoms. The Balaban J connectivity index is 1.72. The topological polar surface area (TPSA) is 196 Å². The van der Waals surface area contributed by atoms with Crippen LogP contribution in [0.3, 0.4) is 0 Å². The Labute approximate surface area is 193 Å². The molecule has 2 heterocycles. The van der Waals surface area contributed by atoms with Gasteiger partial charge in [-0.1, -0.05) is 19.8 Å². The first-order chi connectivity index (χ1) is 15.7. The van der Waals surface area contributed by atoms with Crippen LogP contribution in [0, 0.1) is 5.41 Å². The molecule has 3 fully saturated rings. The molecule has 3 rings (SSSR count). The van der Waals surface area contributed by atoms with Gasteiger partial charge in [-0.25, -0.2) is 0 Å². The minimum absolute atomic E-state index is 0.137. The van der Waals surface area contributed by atoms with Crippen molar-refractivity contribution < 1.29 is 19.2 Å². The van der Waals surface area contributed by atoms with Crippen LogP contribution >= 0.6 is 0 Å². The van der Waals surface area contributed by atoms with Crippen LogP contribution in [0.1, 0.15) is 51.9 Å². The van der Waals surface area contributed by atoms with Crippen molar-refractivity contribution in [3.63, 3.8) is 0 Å². The Kier molecular flexibility index (Phi) is 7.90. The Hall–Kier alpha value is -2.73. The summed E-state index contributed by atoms with van der Waals surface area (Å²) in [5, 5.41) is 18.7. The lowest BCUT2D eigenvalue weighted by atomic mass is 9.92. The van der Waals surface area contributed by atoms with Crippen molar-refractivity contribution in [2.75, 3.05) is 19.6 Å². The number of unbranched alkanes of at least 4 members (excludes halogenated alkanes) is 1. The van der Waals surface area contributed by atoms with E-state index < -0.39 is 29.6 Å². The first kappa shape index (κ1) is 24.9. The predicted molar refractivity (Wildman–Crippen MR) is 121 cm³/mol. The number of carbonyl (C=O) groups is 4. The van der Waals surface area contributed by atoms with Crippen LogP contribution in [0.25, 0.3) is 0 Å². The highest BCUT2D eigenvalue weighted by Gasteiger charge is 2.60. The third-order valence-electron chi connectivity index (χ3n) is 6.78. The van der Waals surface area contributed by atoms with E-state index in [1.165, 1.54) is 0 Å². The van der Waals surface area contributed by atoms with E-state index in [1.54, 1.807) is 0 Å². The van der Waals surface area contributed by atoms with Gasteiger partial charge in [-0.05, 0) is 32.1 Å². The molecule has 0 radical (unpaired) electrons. The van der Waals surface area contributed by atoms with Crippen LogP contribution in [0.2, 0.25) is 0 Å². The zero-order valence-electron chi connectivity index (χ0n) is 19.1. The van der Waals surface area contributed by atoms with E-state index in [0.29, 0.717) is 38.8 Å². The number of rotatable bonds is 11. The molecule has 2 saturated heterocycles. The third kappa shape index (κ3) is 5.61. The molecule has 3 amide bonds. The quantitative estimate of drug-likeness (QED) is 0.100. The van der Waals surface area contributed by atoms with Gasteiger partial charge in [-0.2, -0.15) is 0 Å². The molecule has 0 aromatic carbocycles. The SMILES string of the molecule is CCCC[C@@H]1NC[C@H](C(=O)C2(N3CC(C(N)=O)NC(=O)[C@@H]3CCCNC(=N)N)CC2)NC1=O. The lowest BCUT2D eigenvalue weighted by molar-refractivity contribution is -0.144. The standard InChI is InChI=1S/C21H36N8O4/c1-2-3-5-12-18(32)27-13(10-26-12)16(30)21(7-8-21)29-11-14(17(22)31)28-19(33)15(29)6-4-9-25-20(23)24/h12-15,26H,2-11H2,1H3,(H2,22,31)(H,27,32)(H,28,33)(H4,23,24,25)/t12-,13+,14?,15-/m0/s1. The molecule has 2 aliphatic heterocycles. The Bertz CT molecular complexity index is 799. The Morgan fingerprint density at radius 3 is 2.39 bits per heavy atom. The first-order valence-electron chi connectivity index (χ1n) is 11.7. The van der Waals surface area contributed by atoms with E-state index in [1.807, 2.05) is 4.90 Å². The summed E-state index contributed by atoms with van der Waals surface area (Å²) in [5.41, 5.74) is 9.88.